The minimum atomic E-state index is -1.04. The molecule has 0 bridgehead atoms. The number of amides is 2. The first kappa shape index (κ1) is 32.0. The Bertz CT molecular complexity index is 1350. The standard InChI is InChI=1S/C34H49N3O8/c1-21(38)44-27-18-34(42)26-7-6-23-17-24(45-31(41)35-13-14-37-16-15-36(4)19-28(37)39)9-11-32(23,2)25(26)10-12-33(34,3)30(27)22-5-8-29(40)43-20-22/h5,8,20,23-27,30,42H,6-7,9-19H2,1-4H3,(H,35,41)/t23-,24+,25+,26-,27+,30+,32+,33-,34+/m1/s1. The van der Waals surface area contributed by atoms with Gasteiger partial charge in [0.2, 0.25) is 5.91 Å². The van der Waals surface area contributed by atoms with Crippen LogP contribution in [0.3, 0.4) is 0 Å². The normalized spacial score (nSPS) is 39.8. The van der Waals surface area contributed by atoms with Crippen LogP contribution in [0.2, 0.25) is 0 Å². The van der Waals surface area contributed by atoms with E-state index in [1.54, 1.807) is 11.0 Å². The van der Waals surface area contributed by atoms with Gasteiger partial charge in [-0.1, -0.05) is 13.8 Å². The molecule has 2 N–H and O–H groups in total. The summed E-state index contributed by atoms with van der Waals surface area (Å²) in [5, 5.41) is 15.6. The van der Waals surface area contributed by atoms with Gasteiger partial charge in [0.25, 0.3) is 0 Å². The smallest absolute Gasteiger partial charge is 0.407 e. The Morgan fingerprint density at radius 3 is 2.58 bits per heavy atom. The molecule has 4 aliphatic carbocycles. The van der Waals surface area contributed by atoms with Gasteiger partial charge in [-0.25, -0.2) is 9.59 Å². The highest BCUT2D eigenvalue weighted by atomic mass is 16.6. The summed E-state index contributed by atoms with van der Waals surface area (Å²) < 4.78 is 17.0. The number of esters is 1. The number of likely N-dealkylation sites (N-methyl/N-ethyl adjacent to an activating group) is 1. The number of nitrogens with zero attached hydrogens (tertiary/aromatic N) is 2. The maximum Gasteiger partial charge on any atom is 0.407 e. The van der Waals surface area contributed by atoms with Crippen molar-refractivity contribution >= 4 is 18.0 Å². The predicted molar refractivity (Wildman–Crippen MR) is 164 cm³/mol. The highest BCUT2D eigenvalue weighted by Gasteiger charge is 2.70. The van der Waals surface area contributed by atoms with E-state index in [1.165, 1.54) is 19.3 Å². The second-order valence-corrected chi connectivity index (χ2v) is 14.9. The van der Waals surface area contributed by atoms with E-state index in [0.29, 0.717) is 44.4 Å². The Morgan fingerprint density at radius 1 is 1.07 bits per heavy atom. The van der Waals surface area contributed by atoms with Crippen molar-refractivity contribution in [3.63, 3.8) is 0 Å². The summed E-state index contributed by atoms with van der Waals surface area (Å²) in [5.74, 6) is 0.156. The van der Waals surface area contributed by atoms with Gasteiger partial charge in [0, 0.05) is 56.9 Å². The average molecular weight is 628 g/mol. The first-order valence-electron chi connectivity index (χ1n) is 16.7. The predicted octanol–water partition coefficient (Wildman–Crippen LogP) is 3.29. The molecule has 11 heteroatoms. The number of fused-ring (bicyclic) bond motifs is 5. The third-order valence-electron chi connectivity index (χ3n) is 12.6. The molecule has 0 radical (unpaired) electrons. The summed E-state index contributed by atoms with van der Waals surface area (Å²) in [6.07, 6.45) is 6.76. The average Bonchev–Trinajstić information content (AvgIpc) is 3.20. The number of hydrogen-bond donors (Lipinski definition) is 2. The Balaban J connectivity index is 1.11. The highest BCUT2D eigenvalue weighted by Crippen LogP contribution is 2.71. The van der Waals surface area contributed by atoms with E-state index in [9.17, 15) is 24.3 Å². The minimum absolute atomic E-state index is 0.00660. The van der Waals surface area contributed by atoms with Crippen LogP contribution in [-0.2, 0) is 19.1 Å². The molecule has 9 atom stereocenters. The quantitative estimate of drug-likeness (QED) is 0.455. The zero-order valence-electron chi connectivity index (χ0n) is 27.1. The van der Waals surface area contributed by atoms with Crippen LogP contribution < -0.4 is 10.9 Å². The topological polar surface area (TPSA) is 139 Å². The molecule has 1 aromatic rings. The summed E-state index contributed by atoms with van der Waals surface area (Å²) in [4.78, 5) is 52.6. The fraction of sp³-hybridized carbons (Fsp3) is 0.765. The summed E-state index contributed by atoms with van der Waals surface area (Å²) in [6, 6.07) is 3.14. The molecular formula is C34H49N3O8. The van der Waals surface area contributed by atoms with Crippen molar-refractivity contribution in [1.29, 1.82) is 0 Å². The Morgan fingerprint density at radius 2 is 1.87 bits per heavy atom. The zero-order valence-corrected chi connectivity index (χ0v) is 27.1. The van der Waals surface area contributed by atoms with Gasteiger partial charge in [-0.2, -0.15) is 0 Å². The minimum Gasteiger partial charge on any atom is -0.462 e. The Kier molecular flexibility index (Phi) is 8.56. The lowest BCUT2D eigenvalue weighted by molar-refractivity contribution is -0.205. The number of piperazine rings is 1. The molecule has 45 heavy (non-hydrogen) atoms. The van der Waals surface area contributed by atoms with Gasteiger partial charge < -0.3 is 29.2 Å². The molecule has 1 aromatic heterocycles. The van der Waals surface area contributed by atoms with Crippen molar-refractivity contribution in [1.82, 2.24) is 15.1 Å². The summed E-state index contributed by atoms with van der Waals surface area (Å²) in [5.41, 5.74) is -1.24. The highest BCUT2D eigenvalue weighted by molar-refractivity contribution is 5.79. The van der Waals surface area contributed by atoms with Gasteiger partial charge >= 0.3 is 17.7 Å². The second kappa shape index (κ2) is 12.0. The van der Waals surface area contributed by atoms with Crippen molar-refractivity contribution in [2.45, 2.75) is 95.9 Å². The molecule has 5 aliphatic rings. The number of carbonyl (C=O) groups excluding carboxylic acids is 3. The number of alkyl carbamates (subject to hydrolysis) is 1. The fourth-order valence-corrected chi connectivity index (χ4v) is 10.3. The van der Waals surface area contributed by atoms with E-state index in [2.05, 4.69) is 19.2 Å². The number of rotatable bonds is 6. The molecule has 0 spiro atoms. The number of hydrogen-bond acceptors (Lipinski definition) is 9. The van der Waals surface area contributed by atoms with Crippen molar-refractivity contribution < 1.29 is 33.4 Å². The van der Waals surface area contributed by atoms with Gasteiger partial charge in [0.1, 0.15) is 12.2 Å². The van der Waals surface area contributed by atoms with E-state index in [1.807, 2.05) is 11.9 Å². The van der Waals surface area contributed by atoms with Crippen LogP contribution in [0.5, 0.6) is 0 Å². The van der Waals surface area contributed by atoms with Gasteiger partial charge in [-0.3, -0.25) is 14.5 Å². The van der Waals surface area contributed by atoms with Crippen LogP contribution in [0.25, 0.3) is 0 Å². The molecule has 5 fully saturated rings. The van der Waals surface area contributed by atoms with E-state index in [0.717, 1.165) is 57.1 Å². The summed E-state index contributed by atoms with van der Waals surface area (Å²) >= 11 is 0. The molecule has 0 unspecified atom stereocenters. The van der Waals surface area contributed by atoms with E-state index in [4.69, 9.17) is 13.9 Å². The molecule has 11 nitrogen and oxygen atoms in total. The molecule has 4 saturated carbocycles. The van der Waals surface area contributed by atoms with Crippen LogP contribution in [0.4, 0.5) is 4.79 Å². The van der Waals surface area contributed by atoms with Gasteiger partial charge in [-0.05, 0) is 86.8 Å². The molecule has 0 aromatic carbocycles. The largest absolute Gasteiger partial charge is 0.462 e. The summed E-state index contributed by atoms with van der Waals surface area (Å²) in [7, 11) is 1.93. The molecule has 1 saturated heterocycles. The van der Waals surface area contributed by atoms with Crippen LogP contribution in [0.15, 0.2) is 27.6 Å². The number of nitrogens with one attached hydrogen (secondary N) is 1. The van der Waals surface area contributed by atoms with Crippen molar-refractivity contribution in [2.24, 2.45) is 28.6 Å². The van der Waals surface area contributed by atoms with E-state index < -0.39 is 28.8 Å². The second-order valence-electron chi connectivity index (χ2n) is 14.9. The SMILES string of the molecule is CC(=O)O[C@H]1C[C@]2(O)[C@@H]3CC[C@@H]4C[C@@H](OC(=O)NCCN5CCN(C)CC5=O)CC[C@]4(C)[C@H]3CC[C@]2(C)[C@H]1c1ccc(=O)oc1. The van der Waals surface area contributed by atoms with Crippen molar-refractivity contribution in [3.8, 4) is 0 Å². The summed E-state index contributed by atoms with van der Waals surface area (Å²) in [6.45, 7) is 8.65. The molecule has 1 aliphatic heterocycles. The van der Waals surface area contributed by atoms with E-state index in [-0.39, 0.29) is 35.2 Å². The molecule has 248 valence electrons. The number of aliphatic hydroxyl groups is 1. The van der Waals surface area contributed by atoms with Gasteiger partial charge in [-0.15, -0.1) is 0 Å². The lowest BCUT2D eigenvalue weighted by Crippen LogP contribution is -2.62. The third-order valence-corrected chi connectivity index (χ3v) is 12.6. The van der Waals surface area contributed by atoms with Crippen molar-refractivity contribution in [2.75, 3.05) is 39.8 Å². The number of carbonyl (C=O) groups is 3. The zero-order chi connectivity index (χ0) is 32.1. The lowest BCUT2D eigenvalue weighted by Gasteiger charge is -2.63. The van der Waals surface area contributed by atoms with Crippen LogP contribution >= 0.6 is 0 Å². The fourth-order valence-electron chi connectivity index (χ4n) is 10.3. The Hall–Kier alpha value is -2.92. The lowest BCUT2D eigenvalue weighted by atomic mass is 9.43. The molecule has 2 amide bonds. The number of ether oxygens (including phenoxy) is 2. The molecular weight excluding hydrogens is 578 g/mol. The van der Waals surface area contributed by atoms with Crippen LogP contribution in [0.1, 0.15) is 83.6 Å². The van der Waals surface area contributed by atoms with Crippen LogP contribution in [0, 0.1) is 28.6 Å². The maximum atomic E-state index is 12.7. The first-order chi connectivity index (χ1) is 21.3. The molecule has 6 rings (SSSR count). The van der Waals surface area contributed by atoms with Crippen molar-refractivity contribution in [3.05, 3.63) is 34.4 Å². The first-order valence-corrected chi connectivity index (χ1v) is 16.7. The Labute approximate surface area is 265 Å². The third kappa shape index (κ3) is 5.68. The maximum absolute atomic E-state index is 12.7. The molecule has 2 heterocycles. The van der Waals surface area contributed by atoms with Gasteiger partial charge in [0.05, 0.1) is 18.4 Å². The van der Waals surface area contributed by atoms with E-state index >= 15 is 0 Å². The monoisotopic (exact) mass is 627 g/mol. The van der Waals surface area contributed by atoms with Crippen LogP contribution in [-0.4, -0.2) is 90.5 Å². The van der Waals surface area contributed by atoms with Gasteiger partial charge in [0.15, 0.2) is 0 Å².